The summed E-state index contributed by atoms with van der Waals surface area (Å²) in [4.78, 5) is 19.9. The number of nitrogens with zero attached hydrogens (tertiary/aromatic N) is 2. The van der Waals surface area contributed by atoms with E-state index in [-0.39, 0.29) is 12.4 Å². The van der Waals surface area contributed by atoms with E-state index >= 15 is 0 Å². The van der Waals surface area contributed by atoms with Crippen LogP contribution in [0.4, 0.5) is 0 Å². The number of hydrogen-bond acceptors (Lipinski definition) is 7. The van der Waals surface area contributed by atoms with E-state index in [2.05, 4.69) is 14.7 Å². The average Bonchev–Trinajstić information content (AvgIpc) is 3.02. The van der Waals surface area contributed by atoms with Crippen LogP contribution in [0.25, 0.3) is 11.0 Å². The lowest BCUT2D eigenvalue weighted by Gasteiger charge is -2.07. The molecule has 0 aliphatic carbocycles. The minimum absolute atomic E-state index is 0.174. The van der Waals surface area contributed by atoms with Crippen molar-refractivity contribution in [2.45, 2.75) is 19.6 Å². The second-order valence-electron chi connectivity index (χ2n) is 5.36. The average molecular weight is 342 g/mol. The Labute approximate surface area is 144 Å². The predicted octanol–water partition coefficient (Wildman–Crippen LogP) is 2.66. The minimum Gasteiger partial charge on any atom is -0.487 e. The van der Waals surface area contributed by atoms with Crippen LogP contribution in [0, 0.1) is 0 Å². The highest BCUT2D eigenvalue weighted by molar-refractivity contribution is 5.86. The Morgan fingerprint density at radius 2 is 2.08 bits per heavy atom. The highest BCUT2D eigenvalue weighted by atomic mass is 16.5. The van der Waals surface area contributed by atoms with E-state index in [1.54, 1.807) is 31.7 Å². The fraction of sp³-hybridized carbons (Fsp3) is 0.278. The summed E-state index contributed by atoms with van der Waals surface area (Å²) in [7, 11) is 2.96. The maximum absolute atomic E-state index is 11.4. The fourth-order valence-corrected chi connectivity index (χ4v) is 2.40. The number of benzene rings is 1. The molecule has 0 aliphatic heterocycles. The third kappa shape index (κ3) is 4.13. The smallest absolute Gasteiger partial charge is 0.310 e. The molecule has 2 aromatic heterocycles. The van der Waals surface area contributed by atoms with Gasteiger partial charge in [-0.25, -0.2) is 9.97 Å². The van der Waals surface area contributed by atoms with E-state index in [0.717, 1.165) is 16.6 Å². The molecule has 0 aliphatic rings. The van der Waals surface area contributed by atoms with Crippen molar-refractivity contribution in [3.63, 3.8) is 0 Å². The predicted molar refractivity (Wildman–Crippen MR) is 89.0 cm³/mol. The quantitative estimate of drug-likeness (QED) is 0.610. The van der Waals surface area contributed by atoms with Crippen LogP contribution in [0.3, 0.4) is 0 Å². The van der Waals surface area contributed by atoms with Gasteiger partial charge in [-0.1, -0.05) is 0 Å². The molecule has 3 aromatic rings. The molecule has 1 aromatic carbocycles. The first kappa shape index (κ1) is 16.9. The van der Waals surface area contributed by atoms with Gasteiger partial charge in [0, 0.05) is 30.3 Å². The largest absolute Gasteiger partial charge is 0.487 e. The van der Waals surface area contributed by atoms with Gasteiger partial charge in [-0.15, -0.1) is 0 Å². The Morgan fingerprint density at radius 3 is 2.88 bits per heavy atom. The molecule has 7 nitrogen and oxygen atoms in total. The molecule has 3 rings (SSSR count). The van der Waals surface area contributed by atoms with Gasteiger partial charge in [0.05, 0.1) is 25.5 Å². The van der Waals surface area contributed by atoms with Crippen LogP contribution in [0.15, 0.2) is 41.1 Å². The second-order valence-corrected chi connectivity index (χ2v) is 5.36. The summed E-state index contributed by atoms with van der Waals surface area (Å²) in [6.07, 6.45) is 3.41. The first-order chi connectivity index (χ1) is 12.2. The molecule has 0 bridgehead atoms. The summed E-state index contributed by atoms with van der Waals surface area (Å²) in [6, 6.07) is 7.27. The van der Waals surface area contributed by atoms with Crippen LogP contribution >= 0.6 is 0 Å². The number of hydrogen-bond donors (Lipinski definition) is 0. The molecule has 2 heterocycles. The van der Waals surface area contributed by atoms with Crippen LogP contribution < -0.4 is 4.74 Å². The summed E-state index contributed by atoms with van der Waals surface area (Å²) in [6.45, 7) is 0.662. The van der Waals surface area contributed by atoms with Gasteiger partial charge in [-0.2, -0.15) is 0 Å². The van der Waals surface area contributed by atoms with Crippen LogP contribution in [-0.4, -0.2) is 30.2 Å². The number of carbonyl (C=O) groups excluding carboxylic acids is 1. The first-order valence-electron chi connectivity index (χ1n) is 7.69. The summed E-state index contributed by atoms with van der Waals surface area (Å²) in [5, 5.41) is 0.863. The van der Waals surface area contributed by atoms with Crippen molar-refractivity contribution in [1.82, 2.24) is 9.97 Å². The van der Waals surface area contributed by atoms with Gasteiger partial charge in [-0.3, -0.25) is 4.79 Å². The Kier molecular flexibility index (Phi) is 5.25. The molecule has 0 N–H and O–H groups in total. The number of esters is 1. The van der Waals surface area contributed by atoms with Crippen molar-refractivity contribution >= 4 is 16.9 Å². The van der Waals surface area contributed by atoms with Crippen molar-refractivity contribution in [2.75, 3.05) is 14.2 Å². The van der Waals surface area contributed by atoms with Crippen LogP contribution in [0.5, 0.6) is 5.75 Å². The molecule has 0 amide bonds. The molecule has 0 radical (unpaired) electrons. The third-order valence-electron chi connectivity index (χ3n) is 3.61. The molecule has 0 saturated heterocycles. The van der Waals surface area contributed by atoms with Gasteiger partial charge in [0.1, 0.15) is 24.5 Å². The van der Waals surface area contributed by atoms with Gasteiger partial charge in [-0.05, 0) is 18.2 Å². The second kappa shape index (κ2) is 7.76. The molecular formula is C18H18N2O5. The standard InChI is InChI=1S/C18H18N2O5/c1-22-11-17-19-6-5-13(20-17)10-24-14-3-4-15-12(7-18(21)23-2)9-25-16(15)8-14/h3-6,8-9H,7,10-11H2,1-2H3. The highest BCUT2D eigenvalue weighted by Crippen LogP contribution is 2.26. The van der Waals surface area contributed by atoms with E-state index < -0.39 is 0 Å². The molecule has 0 fully saturated rings. The Hall–Kier alpha value is -2.93. The van der Waals surface area contributed by atoms with Crippen LogP contribution in [0.1, 0.15) is 17.1 Å². The Bertz CT molecular complexity index is 875. The number of fused-ring (bicyclic) bond motifs is 1. The SMILES string of the molecule is COCc1nccc(COc2ccc3c(CC(=O)OC)coc3c2)n1. The lowest BCUT2D eigenvalue weighted by molar-refractivity contribution is -0.139. The maximum atomic E-state index is 11.4. The normalized spacial score (nSPS) is 10.8. The minimum atomic E-state index is -0.307. The summed E-state index contributed by atoms with van der Waals surface area (Å²) in [5.74, 6) is 0.953. The van der Waals surface area contributed by atoms with Crippen molar-refractivity contribution < 1.29 is 23.4 Å². The van der Waals surface area contributed by atoms with Gasteiger partial charge in [0.15, 0.2) is 5.82 Å². The van der Waals surface area contributed by atoms with E-state index in [4.69, 9.17) is 13.9 Å². The first-order valence-corrected chi connectivity index (χ1v) is 7.69. The van der Waals surface area contributed by atoms with Crippen molar-refractivity contribution in [1.29, 1.82) is 0 Å². The molecule has 0 unspecified atom stereocenters. The molecular weight excluding hydrogens is 324 g/mol. The van der Waals surface area contributed by atoms with Crippen molar-refractivity contribution in [2.24, 2.45) is 0 Å². The monoisotopic (exact) mass is 342 g/mol. The van der Waals surface area contributed by atoms with Gasteiger partial charge in [0.25, 0.3) is 0 Å². The van der Waals surface area contributed by atoms with Crippen molar-refractivity contribution in [3.8, 4) is 5.75 Å². The molecule has 25 heavy (non-hydrogen) atoms. The zero-order chi connectivity index (χ0) is 17.6. The number of furan rings is 1. The summed E-state index contributed by atoms with van der Waals surface area (Å²) < 4.78 is 21.0. The van der Waals surface area contributed by atoms with E-state index in [1.165, 1.54) is 7.11 Å². The highest BCUT2D eigenvalue weighted by Gasteiger charge is 2.11. The number of methoxy groups -OCH3 is 2. The van der Waals surface area contributed by atoms with Gasteiger partial charge < -0.3 is 18.6 Å². The number of ether oxygens (including phenoxy) is 3. The Morgan fingerprint density at radius 1 is 1.20 bits per heavy atom. The zero-order valence-corrected chi connectivity index (χ0v) is 14.0. The van der Waals surface area contributed by atoms with E-state index in [0.29, 0.717) is 30.4 Å². The molecule has 130 valence electrons. The fourth-order valence-electron chi connectivity index (χ4n) is 2.40. The van der Waals surface area contributed by atoms with E-state index in [9.17, 15) is 4.79 Å². The zero-order valence-electron chi connectivity index (χ0n) is 14.0. The van der Waals surface area contributed by atoms with Crippen LogP contribution in [0.2, 0.25) is 0 Å². The van der Waals surface area contributed by atoms with Crippen molar-refractivity contribution in [3.05, 3.63) is 53.8 Å². The number of aromatic nitrogens is 2. The lowest BCUT2D eigenvalue weighted by Crippen LogP contribution is -2.04. The van der Waals surface area contributed by atoms with Gasteiger partial charge >= 0.3 is 5.97 Å². The third-order valence-corrected chi connectivity index (χ3v) is 3.61. The molecule has 0 spiro atoms. The van der Waals surface area contributed by atoms with Gasteiger partial charge in [0.2, 0.25) is 0 Å². The lowest BCUT2D eigenvalue weighted by atomic mass is 10.1. The summed E-state index contributed by atoms with van der Waals surface area (Å²) in [5.41, 5.74) is 2.19. The van der Waals surface area contributed by atoms with Crippen LogP contribution in [-0.2, 0) is 33.9 Å². The number of carbonyl (C=O) groups is 1. The Balaban J connectivity index is 1.70. The summed E-state index contributed by atoms with van der Waals surface area (Å²) >= 11 is 0. The van der Waals surface area contributed by atoms with E-state index in [1.807, 2.05) is 12.1 Å². The number of rotatable bonds is 7. The molecule has 0 atom stereocenters. The topological polar surface area (TPSA) is 83.7 Å². The maximum Gasteiger partial charge on any atom is 0.310 e. The molecule has 7 heteroatoms. The molecule has 0 saturated carbocycles.